The molecule has 7 heteroatoms. The first-order chi connectivity index (χ1) is 8.82. The van der Waals surface area contributed by atoms with Gasteiger partial charge in [-0.05, 0) is 24.8 Å². The number of sulfone groups is 1. The maximum absolute atomic E-state index is 12.0. The van der Waals surface area contributed by atoms with Gasteiger partial charge in [0, 0.05) is 13.1 Å². The van der Waals surface area contributed by atoms with Crippen molar-refractivity contribution in [2.24, 2.45) is 11.1 Å². The lowest BCUT2D eigenvalue weighted by Crippen LogP contribution is -2.37. The molecule has 1 aliphatic rings. The second-order valence-electron chi connectivity index (χ2n) is 5.88. The Balaban J connectivity index is 0.00000361. The number of carbonyl (C=O) groups excluding carboxylic acids is 1. The van der Waals surface area contributed by atoms with Gasteiger partial charge in [0.25, 0.3) is 0 Å². The molecule has 1 aliphatic heterocycles. The fraction of sp³-hybridized carbons (Fsp3) is 0.923. The van der Waals surface area contributed by atoms with Crippen molar-refractivity contribution in [2.45, 2.75) is 39.5 Å². The molecular formula is C13H27ClN2O3S. The Bertz CT molecular complexity index is 414. The first kappa shape index (κ1) is 19.7. The fourth-order valence-electron chi connectivity index (χ4n) is 2.33. The van der Waals surface area contributed by atoms with Crippen LogP contribution >= 0.6 is 12.4 Å². The van der Waals surface area contributed by atoms with Gasteiger partial charge in [0.15, 0.2) is 9.84 Å². The number of rotatable bonds is 7. The lowest BCUT2D eigenvalue weighted by atomic mass is 9.90. The summed E-state index contributed by atoms with van der Waals surface area (Å²) in [6.45, 7) is 5.79. The Kier molecular flexibility index (Phi) is 8.06. The summed E-state index contributed by atoms with van der Waals surface area (Å²) in [5, 5.41) is 0. The Morgan fingerprint density at radius 1 is 1.35 bits per heavy atom. The lowest BCUT2D eigenvalue weighted by Gasteiger charge is -2.22. The topological polar surface area (TPSA) is 80.5 Å². The molecule has 0 spiro atoms. The van der Waals surface area contributed by atoms with Crippen LogP contribution in [-0.2, 0) is 14.6 Å². The highest BCUT2D eigenvalue weighted by molar-refractivity contribution is 7.92. The molecule has 0 radical (unpaired) electrons. The van der Waals surface area contributed by atoms with Gasteiger partial charge in [-0.3, -0.25) is 4.79 Å². The molecule has 5 nitrogen and oxygen atoms in total. The molecule has 1 amide bonds. The van der Waals surface area contributed by atoms with Gasteiger partial charge in [-0.1, -0.05) is 26.7 Å². The Labute approximate surface area is 128 Å². The van der Waals surface area contributed by atoms with Crippen LogP contribution in [0.4, 0.5) is 0 Å². The molecule has 0 saturated carbocycles. The van der Waals surface area contributed by atoms with E-state index in [-0.39, 0.29) is 35.2 Å². The molecule has 120 valence electrons. The second kappa shape index (κ2) is 8.20. The number of likely N-dealkylation sites (tertiary alicyclic amines) is 1. The highest BCUT2D eigenvalue weighted by atomic mass is 35.5. The van der Waals surface area contributed by atoms with Crippen molar-refractivity contribution in [3.63, 3.8) is 0 Å². The lowest BCUT2D eigenvalue weighted by molar-refractivity contribution is -0.127. The van der Waals surface area contributed by atoms with Crippen LogP contribution in [0.2, 0.25) is 0 Å². The van der Waals surface area contributed by atoms with E-state index in [1.165, 1.54) is 0 Å². The van der Waals surface area contributed by atoms with Crippen LogP contribution in [-0.4, -0.2) is 50.4 Å². The quantitative estimate of drug-likeness (QED) is 0.713. The molecular weight excluding hydrogens is 300 g/mol. The number of hydrogen-bond acceptors (Lipinski definition) is 4. The Morgan fingerprint density at radius 3 is 2.50 bits per heavy atom. The SMILES string of the molecule is CCCCCS(=O)(=O)CC(=O)N1CCC(C)(CN)C1.Cl. The van der Waals surface area contributed by atoms with Crippen molar-refractivity contribution >= 4 is 28.2 Å². The molecule has 1 atom stereocenters. The molecule has 0 aromatic heterocycles. The molecule has 1 saturated heterocycles. The standard InChI is InChI=1S/C13H26N2O3S.ClH/c1-3-4-5-8-19(17,18)9-12(16)15-7-6-13(2,10-14)11-15;/h3-11,14H2,1-2H3;1H. The van der Waals surface area contributed by atoms with Gasteiger partial charge in [-0.25, -0.2) is 8.42 Å². The first-order valence-electron chi connectivity index (χ1n) is 7.00. The van der Waals surface area contributed by atoms with E-state index in [0.29, 0.717) is 26.1 Å². The minimum atomic E-state index is -3.26. The van der Waals surface area contributed by atoms with Crippen LogP contribution in [0, 0.1) is 5.41 Å². The van der Waals surface area contributed by atoms with E-state index in [0.717, 1.165) is 19.3 Å². The van der Waals surface area contributed by atoms with E-state index in [1.807, 2.05) is 13.8 Å². The number of nitrogens with two attached hydrogens (primary N) is 1. The summed E-state index contributed by atoms with van der Waals surface area (Å²) in [4.78, 5) is 13.6. The van der Waals surface area contributed by atoms with Crippen molar-refractivity contribution in [3.05, 3.63) is 0 Å². The summed E-state index contributed by atoms with van der Waals surface area (Å²) >= 11 is 0. The van der Waals surface area contributed by atoms with E-state index < -0.39 is 9.84 Å². The molecule has 1 fully saturated rings. The molecule has 0 bridgehead atoms. The number of halogens is 1. The summed E-state index contributed by atoms with van der Waals surface area (Å²) in [7, 11) is -3.26. The summed E-state index contributed by atoms with van der Waals surface area (Å²) in [6.07, 6.45) is 3.37. The van der Waals surface area contributed by atoms with Crippen LogP contribution in [0.15, 0.2) is 0 Å². The maximum atomic E-state index is 12.0. The van der Waals surface area contributed by atoms with Crippen molar-refractivity contribution < 1.29 is 13.2 Å². The van der Waals surface area contributed by atoms with Gasteiger partial charge in [0.2, 0.25) is 5.91 Å². The van der Waals surface area contributed by atoms with Gasteiger partial charge < -0.3 is 10.6 Å². The van der Waals surface area contributed by atoms with E-state index in [2.05, 4.69) is 0 Å². The van der Waals surface area contributed by atoms with Gasteiger partial charge in [0.1, 0.15) is 5.75 Å². The van der Waals surface area contributed by atoms with Crippen molar-refractivity contribution in [2.75, 3.05) is 31.1 Å². The van der Waals surface area contributed by atoms with Gasteiger partial charge >= 0.3 is 0 Å². The molecule has 0 aromatic rings. The number of amides is 1. The van der Waals surface area contributed by atoms with Gasteiger partial charge in [0.05, 0.1) is 5.75 Å². The first-order valence-corrected chi connectivity index (χ1v) is 8.82. The molecule has 0 aromatic carbocycles. The zero-order chi connectivity index (χ0) is 14.5. The van der Waals surface area contributed by atoms with Crippen molar-refractivity contribution in [1.82, 2.24) is 4.90 Å². The second-order valence-corrected chi connectivity index (χ2v) is 8.06. The maximum Gasteiger partial charge on any atom is 0.237 e. The van der Waals surface area contributed by atoms with E-state index in [9.17, 15) is 13.2 Å². The van der Waals surface area contributed by atoms with Crippen LogP contribution in [0.25, 0.3) is 0 Å². The van der Waals surface area contributed by atoms with E-state index in [4.69, 9.17) is 5.73 Å². The predicted molar refractivity (Wildman–Crippen MR) is 83.8 cm³/mol. The monoisotopic (exact) mass is 326 g/mol. The molecule has 0 aliphatic carbocycles. The van der Waals surface area contributed by atoms with Crippen molar-refractivity contribution in [3.8, 4) is 0 Å². The molecule has 1 rings (SSSR count). The Hall–Kier alpha value is -0.330. The number of nitrogens with zero attached hydrogens (tertiary/aromatic N) is 1. The van der Waals surface area contributed by atoms with Crippen LogP contribution < -0.4 is 5.73 Å². The normalized spacial score (nSPS) is 22.6. The highest BCUT2D eigenvalue weighted by Crippen LogP contribution is 2.28. The van der Waals surface area contributed by atoms with E-state index in [1.54, 1.807) is 4.90 Å². The minimum Gasteiger partial charge on any atom is -0.341 e. The summed E-state index contributed by atoms with van der Waals surface area (Å²) in [6, 6.07) is 0. The van der Waals surface area contributed by atoms with Crippen LogP contribution in [0.3, 0.4) is 0 Å². The number of carbonyl (C=O) groups is 1. The van der Waals surface area contributed by atoms with Crippen molar-refractivity contribution in [1.29, 1.82) is 0 Å². The third kappa shape index (κ3) is 5.97. The summed E-state index contributed by atoms with van der Waals surface area (Å²) < 4.78 is 23.7. The smallest absolute Gasteiger partial charge is 0.237 e. The van der Waals surface area contributed by atoms with Crippen LogP contribution in [0.5, 0.6) is 0 Å². The molecule has 20 heavy (non-hydrogen) atoms. The molecule has 1 heterocycles. The average Bonchev–Trinajstić information content (AvgIpc) is 2.72. The molecule has 1 unspecified atom stereocenters. The molecule has 2 N–H and O–H groups in total. The van der Waals surface area contributed by atoms with E-state index >= 15 is 0 Å². The largest absolute Gasteiger partial charge is 0.341 e. The zero-order valence-corrected chi connectivity index (χ0v) is 14.1. The number of hydrogen-bond donors (Lipinski definition) is 1. The highest BCUT2D eigenvalue weighted by Gasteiger charge is 2.35. The minimum absolute atomic E-state index is 0. The average molecular weight is 327 g/mol. The predicted octanol–water partition coefficient (Wildman–Crippen LogP) is 1.21. The van der Waals surface area contributed by atoms with Gasteiger partial charge in [-0.2, -0.15) is 0 Å². The van der Waals surface area contributed by atoms with Crippen LogP contribution in [0.1, 0.15) is 39.5 Å². The number of unbranched alkanes of at least 4 members (excludes halogenated alkanes) is 2. The fourth-order valence-corrected chi connectivity index (χ4v) is 3.67. The third-order valence-electron chi connectivity index (χ3n) is 3.81. The Morgan fingerprint density at radius 2 is 2.00 bits per heavy atom. The third-order valence-corrected chi connectivity index (χ3v) is 5.40. The summed E-state index contributed by atoms with van der Waals surface area (Å²) in [5.41, 5.74) is 5.63. The zero-order valence-electron chi connectivity index (χ0n) is 12.4. The van der Waals surface area contributed by atoms with Gasteiger partial charge in [-0.15, -0.1) is 12.4 Å². The summed E-state index contributed by atoms with van der Waals surface area (Å²) in [5.74, 6) is -0.500.